The Morgan fingerprint density at radius 3 is 2.62 bits per heavy atom. The van der Waals surface area contributed by atoms with E-state index in [1.165, 1.54) is 23.7 Å². The summed E-state index contributed by atoms with van der Waals surface area (Å²) in [5.74, 6) is 0. The number of carbonyl (C=O) groups is 1. The Morgan fingerprint density at radius 1 is 1.29 bits per heavy atom. The van der Waals surface area contributed by atoms with Crippen LogP contribution in [-0.2, 0) is 12.0 Å². The maximum absolute atomic E-state index is 11.8. The third kappa shape index (κ3) is 4.37. The minimum absolute atomic E-state index is 0.0151. The summed E-state index contributed by atoms with van der Waals surface area (Å²) in [5, 5.41) is 6.19. The lowest BCUT2D eigenvalue weighted by Gasteiger charge is -2.14. The molecule has 8 heteroatoms. The van der Waals surface area contributed by atoms with E-state index >= 15 is 0 Å². The predicted octanol–water partition coefficient (Wildman–Crippen LogP) is 3.21. The van der Waals surface area contributed by atoms with Gasteiger partial charge >= 0.3 is 6.03 Å². The van der Waals surface area contributed by atoms with Gasteiger partial charge in [0.15, 0.2) is 10.3 Å². The standard InChI is InChI=1S/C13H16ClN5OS/c1-13(2,3)9-7-18-12(21-9)19-11(20)17-6-8-10(14)16-5-4-15-8/h4-5,7H,6H2,1-3H3,(H2,17,18,19,20). The van der Waals surface area contributed by atoms with Crippen LogP contribution >= 0.6 is 22.9 Å². The van der Waals surface area contributed by atoms with Crippen LogP contribution in [0.5, 0.6) is 0 Å². The van der Waals surface area contributed by atoms with Gasteiger partial charge in [0.05, 0.1) is 12.2 Å². The number of carbonyl (C=O) groups excluding carboxylic acids is 1. The smallest absolute Gasteiger partial charge is 0.321 e. The van der Waals surface area contributed by atoms with Gasteiger partial charge in [0.25, 0.3) is 0 Å². The van der Waals surface area contributed by atoms with Crippen LogP contribution in [-0.4, -0.2) is 21.0 Å². The Hall–Kier alpha value is -1.73. The first-order chi connectivity index (χ1) is 9.86. The van der Waals surface area contributed by atoms with Crippen molar-refractivity contribution < 1.29 is 4.79 Å². The number of urea groups is 1. The van der Waals surface area contributed by atoms with Crippen molar-refractivity contribution >= 4 is 34.1 Å². The fraction of sp³-hybridized carbons (Fsp3) is 0.385. The number of hydrogen-bond donors (Lipinski definition) is 2. The van der Waals surface area contributed by atoms with Gasteiger partial charge in [-0.05, 0) is 5.41 Å². The molecule has 2 amide bonds. The number of hydrogen-bond acceptors (Lipinski definition) is 5. The van der Waals surface area contributed by atoms with Crippen molar-refractivity contribution in [1.82, 2.24) is 20.3 Å². The number of amides is 2. The van der Waals surface area contributed by atoms with E-state index in [0.29, 0.717) is 10.8 Å². The largest absolute Gasteiger partial charge is 0.332 e. The molecule has 2 N–H and O–H groups in total. The molecular formula is C13H16ClN5OS. The molecule has 0 aliphatic heterocycles. The van der Waals surface area contributed by atoms with Crippen molar-refractivity contribution in [2.24, 2.45) is 0 Å². The normalized spacial score (nSPS) is 11.2. The highest BCUT2D eigenvalue weighted by molar-refractivity contribution is 7.15. The highest BCUT2D eigenvalue weighted by Crippen LogP contribution is 2.29. The molecule has 0 saturated carbocycles. The lowest BCUT2D eigenvalue weighted by atomic mass is 9.96. The first-order valence-corrected chi connectivity index (χ1v) is 7.52. The van der Waals surface area contributed by atoms with E-state index in [2.05, 4.69) is 46.4 Å². The second-order valence-corrected chi connectivity index (χ2v) is 6.77. The Bertz CT molecular complexity index is 637. The van der Waals surface area contributed by atoms with Crippen molar-refractivity contribution in [2.75, 3.05) is 5.32 Å². The average Bonchev–Trinajstić information content (AvgIpc) is 2.86. The second-order valence-electron chi connectivity index (χ2n) is 5.38. The SMILES string of the molecule is CC(C)(C)c1cnc(NC(=O)NCc2nccnc2Cl)s1. The zero-order valence-corrected chi connectivity index (χ0v) is 13.5. The Morgan fingerprint density at radius 2 is 2.00 bits per heavy atom. The molecular weight excluding hydrogens is 310 g/mol. The third-order valence-electron chi connectivity index (χ3n) is 2.60. The Balaban J connectivity index is 1.90. The lowest BCUT2D eigenvalue weighted by Crippen LogP contribution is -2.28. The second kappa shape index (κ2) is 6.36. The number of anilines is 1. The maximum Gasteiger partial charge on any atom is 0.321 e. The van der Waals surface area contributed by atoms with Crippen LogP contribution in [0.3, 0.4) is 0 Å². The molecule has 0 spiro atoms. The summed E-state index contributed by atoms with van der Waals surface area (Å²) in [4.78, 5) is 25.0. The van der Waals surface area contributed by atoms with Gasteiger partial charge in [0.1, 0.15) is 0 Å². The van der Waals surface area contributed by atoms with E-state index in [1.807, 2.05) is 0 Å². The molecule has 112 valence electrons. The highest BCUT2D eigenvalue weighted by atomic mass is 35.5. The fourth-order valence-corrected chi connectivity index (χ4v) is 2.49. The molecule has 0 aliphatic carbocycles. The van der Waals surface area contributed by atoms with Gasteiger partial charge in [0, 0.05) is 23.5 Å². The molecule has 0 aromatic carbocycles. The first-order valence-electron chi connectivity index (χ1n) is 6.33. The van der Waals surface area contributed by atoms with E-state index in [-0.39, 0.29) is 23.1 Å². The fourth-order valence-electron chi connectivity index (χ4n) is 1.45. The molecule has 2 aromatic heterocycles. The molecule has 0 bridgehead atoms. The van der Waals surface area contributed by atoms with Crippen molar-refractivity contribution in [3.63, 3.8) is 0 Å². The number of rotatable bonds is 3. The minimum atomic E-state index is -0.355. The van der Waals surface area contributed by atoms with Crippen LogP contribution in [0.15, 0.2) is 18.6 Å². The zero-order valence-electron chi connectivity index (χ0n) is 12.0. The molecule has 6 nitrogen and oxygen atoms in total. The topological polar surface area (TPSA) is 79.8 Å². The minimum Gasteiger partial charge on any atom is -0.332 e. The molecule has 2 heterocycles. The first kappa shape index (κ1) is 15.7. The summed E-state index contributed by atoms with van der Waals surface area (Å²) in [6.07, 6.45) is 4.80. The summed E-state index contributed by atoms with van der Waals surface area (Å²) >= 11 is 7.32. The zero-order chi connectivity index (χ0) is 15.5. The van der Waals surface area contributed by atoms with Gasteiger partial charge in [-0.25, -0.2) is 14.8 Å². The number of nitrogens with zero attached hydrogens (tertiary/aromatic N) is 3. The third-order valence-corrected chi connectivity index (χ3v) is 4.26. The molecule has 21 heavy (non-hydrogen) atoms. The summed E-state index contributed by atoms with van der Waals surface area (Å²) < 4.78 is 0. The number of nitrogens with one attached hydrogen (secondary N) is 2. The van der Waals surface area contributed by atoms with Gasteiger partial charge in [-0.15, -0.1) is 11.3 Å². The predicted molar refractivity (Wildman–Crippen MR) is 83.7 cm³/mol. The van der Waals surface area contributed by atoms with E-state index in [4.69, 9.17) is 11.6 Å². The summed E-state index contributed by atoms with van der Waals surface area (Å²) in [6.45, 7) is 6.50. The molecule has 0 saturated heterocycles. The van der Waals surface area contributed by atoms with Crippen molar-refractivity contribution in [3.05, 3.63) is 34.3 Å². The van der Waals surface area contributed by atoms with Crippen LogP contribution in [0.4, 0.5) is 9.93 Å². The Labute approximate surface area is 132 Å². The van der Waals surface area contributed by atoms with Crippen LogP contribution in [0.25, 0.3) is 0 Å². The van der Waals surface area contributed by atoms with Gasteiger partial charge in [0.2, 0.25) is 0 Å². The van der Waals surface area contributed by atoms with Gasteiger partial charge in [-0.3, -0.25) is 10.3 Å². The lowest BCUT2D eigenvalue weighted by molar-refractivity contribution is 0.251. The molecule has 2 rings (SSSR count). The highest BCUT2D eigenvalue weighted by Gasteiger charge is 2.17. The molecule has 0 atom stereocenters. The van der Waals surface area contributed by atoms with E-state index in [0.717, 1.165) is 4.88 Å². The van der Waals surface area contributed by atoms with E-state index in [1.54, 1.807) is 6.20 Å². The number of halogens is 1. The molecule has 0 aliphatic rings. The molecule has 0 unspecified atom stereocenters. The summed E-state index contributed by atoms with van der Waals surface area (Å²) in [6, 6.07) is -0.355. The van der Waals surface area contributed by atoms with Crippen LogP contribution in [0, 0.1) is 0 Å². The van der Waals surface area contributed by atoms with Crippen molar-refractivity contribution in [2.45, 2.75) is 32.7 Å². The quantitative estimate of drug-likeness (QED) is 0.908. The monoisotopic (exact) mass is 325 g/mol. The number of aromatic nitrogens is 3. The van der Waals surface area contributed by atoms with Crippen molar-refractivity contribution in [1.29, 1.82) is 0 Å². The van der Waals surface area contributed by atoms with Gasteiger partial charge < -0.3 is 5.32 Å². The van der Waals surface area contributed by atoms with Gasteiger partial charge in [-0.2, -0.15) is 0 Å². The van der Waals surface area contributed by atoms with Crippen LogP contribution < -0.4 is 10.6 Å². The van der Waals surface area contributed by atoms with Crippen molar-refractivity contribution in [3.8, 4) is 0 Å². The van der Waals surface area contributed by atoms with Crippen LogP contribution in [0.2, 0.25) is 5.15 Å². The number of thiazole rings is 1. The van der Waals surface area contributed by atoms with Gasteiger partial charge in [-0.1, -0.05) is 32.4 Å². The molecule has 0 fully saturated rings. The molecule has 2 aromatic rings. The maximum atomic E-state index is 11.8. The Kier molecular flexibility index (Phi) is 4.74. The average molecular weight is 326 g/mol. The summed E-state index contributed by atoms with van der Waals surface area (Å²) in [7, 11) is 0. The molecule has 0 radical (unpaired) electrons. The summed E-state index contributed by atoms with van der Waals surface area (Å²) in [5.41, 5.74) is 0.533. The van der Waals surface area contributed by atoms with E-state index < -0.39 is 0 Å². The van der Waals surface area contributed by atoms with Crippen LogP contribution in [0.1, 0.15) is 31.3 Å². The van der Waals surface area contributed by atoms with E-state index in [9.17, 15) is 4.79 Å².